The van der Waals surface area contributed by atoms with Crippen LogP contribution in [-0.4, -0.2) is 64.5 Å². The quantitative estimate of drug-likeness (QED) is 0.772. The van der Waals surface area contributed by atoms with E-state index in [1.165, 1.54) is 12.4 Å². The number of sulfone groups is 1. The van der Waals surface area contributed by atoms with Gasteiger partial charge in [0.2, 0.25) is 5.95 Å². The monoisotopic (exact) mass is 314 g/mol. The van der Waals surface area contributed by atoms with Crippen LogP contribution in [-0.2, 0) is 14.6 Å². The minimum atomic E-state index is -3.23. The lowest BCUT2D eigenvalue weighted by atomic mass is 10.2. The maximum Gasteiger partial charge on any atom is 0.325 e. The van der Waals surface area contributed by atoms with Crippen molar-refractivity contribution in [2.75, 3.05) is 23.4 Å². The number of nitrogens with one attached hydrogen (secondary N) is 1. The standard InChI is InChI=1S/C11H14N4O5S/c16-9(17)6-15(8-2-5-21(19,20)7-8)11(18)14-10-12-3-1-4-13-10/h1,3-4,8H,2,5-7H2,(H,16,17)(H,12,13,14,18). The number of carbonyl (C=O) groups excluding carboxylic acids is 1. The lowest BCUT2D eigenvalue weighted by molar-refractivity contribution is -0.138. The summed E-state index contributed by atoms with van der Waals surface area (Å²) in [4.78, 5) is 31.6. The number of carboxylic acid groups (broad SMARTS) is 1. The molecule has 0 spiro atoms. The summed E-state index contributed by atoms with van der Waals surface area (Å²) in [6.07, 6.45) is 3.06. The number of anilines is 1. The topological polar surface area (TPSA) is 130 Å². The summed E-state index contributed by atoms with van der Waals surface area (Å²) in [7, 11) is -3.23. The first-order chi connectivity index (χ1) is 9.87. The van der Waals surface area contributed by atoms with Crippen LogP contribution < -0.4 is 5.32 Å². The minimum absolute atomic E-state index is 0.0266. The Kier molecular flexibility index (Phi) is 4.36. The molecule has 0 radical (unpaired) electrons. The number of nitrogens with zero attached hydrogens (tertiary/aromatic N) is 3. The third-order valence-corrected chi connectivity index (χ3v) is 4.75. The third kappa shape index (κ3) is 4.12. The van der Waals surface area contributed by atoms with Crippen molar-refractivity contribution in [3.05, 3.63) is 18.5 Å². The zero-order chi connectivity index (χ0) is 15.5. The summed E-state index contributed by atoms with van der Waals surface area (Å²) in [6.45, 7) is -0.584. The van der Waals surface area contributed by atoms with Gasteiger partial charge in [0, 0.05) is 18.4 Å². The van der Waals surface area contributed by atoms with Gasteiger partial charge in [-0.15, -0.1) is 0 Å². The second kappa shape index (κ2) is 6.04. The second-order valence-electron chi connectivity index (χ2n) is 4.58. The highest BCUT2D eigenvalue weighted by molar-refractivity contribution is 7.91. The molecule has 1 atom stereocenters. The molecule has 114 valence electrons. The van der Waals surface area contributed by atoms with Gasteiger partial charge >= 0.3 is 12.0 Å². The normalized spacial score (nSPS) is 19.9. The highest BCUT2D eigenvalue weighted by atomic mass is 32.2. The molecule has 10 heteroatoms. The van der Waals surface area contributed by atoms with Crippen molar-refractivity contribution in [3.63, 3.8) is 0 Å². The van der Waals surface area contributed by atoms with Gasteiger partial charge in [0.15, 0.2) is 9.84 Å². The fourth-order valence-electron chi connectivity index (χ4n) is 2.06. The Hall–Kier alpha value is -2.23. The Labute approximate surface area is 120 Å². The van der Waals surface area contributed by atoms with E-state index in [4.69, 9.17) is 5.11 Å². The van der Waals surface area contributed by atoms with Crippen LogP contribution in [0.15, 0.2) is 18.5 Å². The van der Waals surface area contributed by atoms with Gasteiger partial charge in [0.25, 0.3) is 0 Å². The predicted octanol–water partition coefficient (Wildman–Crippen LogP) is -0.418. The molecule has 1 saturated heterocycles. The van der Waals surface area contributed by atoms with E-state index < -0.39 is 34.4 Å². The van der Waals surface area contributed by atoms with Crippen molar-refractivity contribution in [1.29, 1.82) is 0 Å². The van der Waals surface area contributed by atoms with E-state index >= 15 is 0 Å². The molecule has 2 heterocycles. The van der Waals surface area contributed by atoms with Crippen molar-refractivity contribution in [3.8, 4) is 0 Å². The summed E-state index contributed by atoms with van der Waals surface area (Å²) in [5.41, 5.74) is 0. The first kappa shape index (κ1) is 15.2. The molecule has 2 N–H and O–H groups in total. The van der Waals surface area contributed by atoms with Crippen molar-refractivity contribution in [1.82, 2.24) is 14.9 Å². The Balaban J connectivity index is 2.12. The second-order valence-corrected chi connectivity index (χ2v) is 6.81. The van der Waals surface area contributed by atoms with Gasteiger partial charge in [-0.3, -0.25) is 10.1 Å². The lowest BCUT2D eigenvalue weighted by Crippen LogP contribution is -2.46. The van der Waals surface area contributed by atoms with E-state index in [0.717, 1.165) is 4.90 Å². The molecule has 1 aromatic heterocycles. The van der Waals surface area contributed by atoms with E-state index in [1.54, 1.807) is 6.07 Å². The molecule has 1 aliphatic heterocycles. The van der Waals surface area contributed by atoms with Crippen LogP contribution in [0.1, 0.15) is 6.42 Å². The number of aliphatic carboxylic acids is 1. The average molecular weight is 314 g/mol. The van der Waals surface area contributed by atoms with Crippen molar-refractivity contribution in [2.45, 2.75) is 12.5 Å². The van der Waals surface area contributed by atoms with Gasteiger partial charge in [0.1, 0.15) is 6.54 Å². The molecule has 1 unspecified atom stereocenters. The summed E-state index contributed by atoms with van der Waals surface area (Å²) < 4.78 is 23.0. The maximum absolute atomic E-state index is 12.1. The molecule has 2 amide bonds. The number of rotatable bonds is 4. The Bertz CT molecular complexity index is 633. The third-order valence-electron chi connectivity index (χ3n) is 3.00. The molecule has 1 aromatic rings. The van der Waals surface area contributed by atoms with Crippen LogP contribution in [0.25, 0.3) is 0 Å². The van der Waals surface area contributed by atoms with Crippen LogP contribution in [0.2, 0.25) is 0 Å². The Morgan fingerprint density at radius 2 is 2.05 bits per heavy atom. The molecule has 2 rings (SSSR count). The molecule has 1 aliphatic rings. The van der Waals surface area contributed by atoms with Crippen LogP contribution in [0.4, 0.5) is 10.7 Å². The number of carbonyl (C=O) groups is 2. The van der Waals surface area contributed by atoms with Gasteiger partial charge < -0.3 is 10.0 Å². The number of hydrogen-bond acceptors (Lipinski definition) is 6. The molecule has 1 fully saturated rings. The van der Waals surface area contributed by atoms with Crippen LogP contribution in [0.5, 0.6) is 0 Å². The van der Waals surface area contributed by atoms with Gasteiger partial charge in [-0.1, -0.05) is 0 Å². The number of carboxylic acids is 1. The molecular formula is C11H14N4O5S. The zero-order valence-corrected chi connectivity index (χ0v) is 11.8. The minimum Gasteiger partial charge on any atom is -0.480 e. The van der Waals surface area contributed by atoms with Gasteiger partial charge in [-0.05, 0) is 12.5 Å². The summed E-state index contributed by atoms with van der Waals surface area (Å²) >= 11 is 0. The van der Waals surface area contributed by atoms with Crippen LogP contribution >= 0.6 is 0 Å². The van der Waals surface area contributed by atoms with E-state index in [-0.39, 0.29) is 23.9 Å². The van der Waals surface area contributed by atoms with E-state index in [0.29, 0.717) is 0 Å². The zero-order valence-electron chi connectivity index (χ0n) is 11.0. The van der Waals surface area contributed by atoms with E-state index in [1.807, 2.05) is 0 Å². The molecule has 0 aromatic carbocycles. The van der Waals surface area contributed by atoms with Gasteiger partial charge in [0.05, 0.1) is 11.5 Å². The van der Waals surface area contributed by atoms with Crippen molar-refractivity contribution in [2.24, 2.45) is 0 Å². The van der Waals surface area contributed by atoms with E-state index in [2.05, 4.69) is 15.3 Å². The van der Waals surface area contributed by atoms with Crippen molar-refractivity contribution >= 4 is 27.8 Å². The van der Waals surface area contributed by atoms with Gasteiger partial charge in [-0.25, -0.2) is 23.2 Å². The highest BCUT2D eigenvalue weighted by Crippen LogP contribution is 2.18. The highest BCUT2D eigenvalue weighted by Gasteiger charge is 2.35. The predicted molar refractivity (Wildman–Crippen MR) is 72.5 cm³/mol. The summed E-state index contributed by atoms with van der Waals surface area (Å²) in [5.74, 6) is -1.48. The van der Waals surface area contributed by atoms with Crippen LogP contribution in [0.3, 0.4) is 0 Å². The molecule has 21 heavy (non-hydrogen) atoms. The van der Waals surface area contributed by atoms with Crippen LogP contribution in [0, 0.1) is 0 Å². The van der Waals surface area contributed by atoms with E-state index in [9.17, 15) is 18.0 Å². The summed E-state index contributed by atoms with van der Waals surface area (Å²) in [6, 6.07) is 0.175. The molecule has 0 saturated carbocycles. The largest absolute Gasteiger partial charge is 0.480 e. The first-order valence-electron chi connectivity index (χ1n) is 6.14. The number of aromatic nitrogens is 2. The molecular weight excluding hydrogens is 300 g/mol. The van der Waals surface area contributed by atoms with Gasteiger partial charge in [-0.2, -0.15) is 0 Å². The number of hydrogen-bond donors (Lipinski definition) is 2. The fraction of sp³-hybridized carbons (Fsp3) is 0.455. The first-order valence-corrected chi connectivity index (χ1v) is 7.96. The maximum atomic E-state index is 12.1. The summed E-state index contributed by atoms with van der Waals surface area (Å²) in [5, 5.41) is 11.2. The lowest BCUT2D eigenvalue weighted by Gasteiger charge is -2.26. The fourth-order valence-corrected chi connectivity index (χ4v) is 3.80. The van der Waals surface area contributed by atoms with Crippen molar-refractivity contribution < 1.29 is 23.1 Å². The smallest absolute Gasteiger partial charge is 0.325 e. The SMILES string of the molecule is O=C(O)CN(C(=O)Nc1ncccn1)C1CCS(=O)(=O)C1. The average Bonchev–Trinajstić information content (AvgIpc) is 2.77. The molecule has 9 nitrogen and oxygen atoms in total. The molecule has 0 aliphatic carbocycles. The Morgan fingerprint density at radius 1 is 1.38 bits per heavy atom. The Morgan fingerprint density at radius 3 is 2.57 bits per heavy atom. The number of urea groups is 1. The molecule has 0 bridgehead atoms. The number of amides is 2.